The molecule has 1 aromatic rings. The highest BCUT2D eigenvalue weighted by atomic mass is 35.5. The Morgan fingerprint density at radius 3 is 2.91 bits per heavy atom. The molecule has 2 atom stereocenters. The lowest BCUT2D eigenvalue weighted by atomic mass is 10.1. The van der Waals surface area contributed by atoms with Crippen molar-refractivity contribution in [2.45, 2.75) is 38.8 Å². The molecule has 1 saturated heterocycles. The minimum atomic E-state index is -0.166. The van der Waals surface area contributed by atoms with E-state index in [9.17, 15) is 4.79 Å². The van der Waals surface area contributed by atoms with Crippen molar-refractivity contribution in [2.75, 3.05) is 26.2 Å². The van der Waals surface area contributed by atoms with E-state index >= 15 is 0 Å². The van der Waals surface area contributed by atoms with Gasteiger partial charge in [0.25, 0.3) is 0 Å². The lowest BCUT2D eigenvalue weighted by Gasteiger charge is -2.36. The molecule has 6 heteroatoms. The first-order valence-corrected chi connectivity index (χ1v) is 8.86. The smallest absolute Gasteiger partial charge is 0.237 e. The molecule has 1 heterocycles. The summed E-state index contributed by atoms with van der Waals surface area (Å²) in [7, 11) is 0. The van der Waals surface area contributed by atoms with Crippen LogP contribution in [0.5, 0.6) is 0 Å². The first-order chi connectivity index (χ1) is 11.0. The molecule has 0 bridgehead atoms. The van der Waals surface area contributed by atoms with Crippen molar-refractivity contribution in [1.82, 2.24) is 10.2 Å². The van der Waals surface area contributed by atoms with E-state index in [1.807, 2.05) is 19.1 Å². The van der Waals surface area contributed by atoms with Gasteiger partial charge in [0.1, 0.15) is 0 Å². The Balaban J connectivity index is 1.96. The van der Waals surface area contributed by atoms with Crippen LogP contribution in [0.4, 0.5) is 0 Å². The van der Waals surface area contributed by atoms with Crippen LogP contribution in [0, 0.1) is 0 Å². The topological polar surface area (TPSA) is 41.6 Å². The molecule has 0 aromatic heterocycles. The van der Waals surface area contributed by atoms with Crippen molar-refractivity contribution < 1.29 is 9.53 Å². The van der Waals surface area contributed by atoms with Gasteiger partial charge in [0.05, 0.1) is 28.8 Å². The van der Waals surface area contributed by atoms with E-state index in [0.29, 0.717) is 23.2 Å². The summed E-state index contributed by atoms with van der Waals surface area (Å²) >= 11 is 12.1. The Kier molecular flexibility index (Phi) is 7.15. The molecule has 1 amide bonds. The molecule has 2 rings (SSSR count). The fraction of sp³-hybridized carbons (Fsp3) is 0.588. The average Bonchev–Trinajstić information content (AvgIpc) is 2.57. The van der Waals surface area contributed by atoms with Crippen LogP contribution in [0.25, 0.3) is 0 Å². The van der Waals surface area contributed by atoms with Gasteiger partial charge >= 0.3 is 0 Å². The second kappa shape index (κ2) is 8.88. The van der Waals surface area contributed by atoms with E-state index in [0.717, 1.165) is 31.5 Å². The molecule has 1 aliphatic rings. The van der Waals surface area contributed by atoms with E-state index in [1.54, 1.807) is 6.07 Å². The third kappa shape index (κ3) is 5.08. The lowest BCUT2D eigenvalue weighted by molar-refractivity contribution is -0.129. The third-order valence-electron chi connectivity index (χ3n) is 4.17. The molecular weight excluding hydrogens is 335 g/mol. The summed E-state index contributed by atoms with van der Waals surface area (Å²) in [4.78, 5) is 14.4. The zero-order valence-electron chi connectivity index (χ0n) is 13.6. The number of rotatable bonds is 6. The number of carbonyl (C=O) groups is 1. The van der Waals surface area contributed by atoms with Gasteiger partial charge in [-0.15, -0.1) is 0 Å². The molecule has 4 nitrogen and oxygen atoms in total. The summed E-state index contributed by atoms with van der Waals surface area (Å²) < 4.78 is 5.84. The number of nitrogens with zero attached hydrogens (tertiary/aromatic N) is 1. The number of nitrogens with one attached hydrogen (secondary N) is 1. The number of unbranched alkanes of at least 4 members (excludes halogenated alkanes) is 1. The van der Waals surface area contributed by atoms with Gasteiger partial charge in [0.2, 0.25) is 5.91 Å². The summed E-state index contributed by atoms with van der Waals surface area (Å²) in [5.74, 6) is 0.0771. The van der Waals surface area contributed by atoms with Crippen molar-refractivity contribution in [3.8, 4) is 0 Å². The number of hydrogen-bond donors (Lipinski definition) is 1. The maximum Gasteiger partial charge on any atom is 0.237 e. The fourth-order valence-corrected chi connectivity index (χ4v) is 2.94. The monoisotopic (exact) mass is 358 g/mol. The summed E-state index contributed by atoms with van der Waals surface area (Å²) in [5.41, 5.74) is 0.989. The number of morpholine rings is 1. The van der Waals surface area contributed by atoms with Crippen LogP contribution in [0.1, 0.15) is 38.4 Å². The maximum atomic E-state index is 12.2. The minimum absolute atomic E-state index is 0.0771. The molecule has 1 aliphatic heterocycles. The molecule has 0 spiro atoms. The standard InChI is InChI=1S/C17H24Cl2N2O2/c1-3-4-7-20-17(22)12(2)21-8-9-23-16(11-21)13-5-6-14(18)15(19)10-13/h5-6,10,12,16H,3-4,7-9,11H2,1-2H3,(H,20,22). The zero-order valence-corrected chi connectivity index (χ0v) is 15.2. The molecule has 0 aliphatic carbocycles. The Bertz CT molecular complexity index is 539. The Morgan fingerprint density at radius 2 is 2.22 bits per heavy atom. The number of amides is 1. The van der Waals surface area contributed by atoms with Crippen LogP contribution in [0.2, 0.25) is 10.0 Å². The van der Waals surface area contributed by atoms with E-state index < -0.39 is 0 Å². The molecule has 2 unspecified atom stereocenters. The normalized spacial score (nSPS) is 20.3. The molecule has 0 radical (unpaired) electrons. The van der Waals surface area contributed by atoms with Crippen LogP contribution >= 0.6 is 23.2 Å². The first-order valence-electron chi connectivity index (χ1n) is 8.11. The predicted octanol–water partition coefficient (Wildman–Crippen LogP) is 3.67. The van der Waals surface area contributed by atoms with Crippen molar-refractivity contribution in [2.24, 2.45) is 0 Å². The molecule has 1 N–H and O–H groups in total. The van der Waals surface area contributed by atoms with E-state index in [2.05, 4.69) is 17.1 Å². The summed E-state index contributed by atoms with van der Waals surface area (Å²) in [5, 5.41) is 4.05. The van der Waals surface area contributed by atoms with Gasteiger partial charge in [-0.05, 0) is 31.0 Å². The van der Waals surface area contributed by atoms with Crippen LogP contribution in [0.3, 0.4) is 0 Å². The number of halogens is 2. The summed E-state index contributed by atoms with van der Waals surface area (Å²) in [6.45, 7) is 6.80. The Morgan fingerprint density at radius 1 is 1.43 bits per heavy atom. The molecule has 128 valence electrons. The summed E-state index contributed by atoms with van der Waals surface area (Å²) in [6.07, 6.45) is 1.99. The van der Waals surface area contributed by atoms with Crippen LogP contribution in [0.15, 0.2) is 18.2 Å². The predicted molar refractivity (Wildman–Crippen MR) is 94.1 cm³/mol. The van der Waals surface area contributed by atoms with Crippen LogP contribution in [-0.2, 0) is 9.53 Å². The lowest BCUT2D eigenvalue weighted by Crippen LogP contribution is -2.50. The molecule has 1 aromatic carbocycles. The van der Waals surface area contributed by atoms with Gasteiger partial charge < -0.3 is 10.1 Å². The van der Waals surface area contributed by atoms with Crippen LogP contribution in [-0.4, -0.2) is 43.1 Å². The molecule has 0 saturated carbocycles. The van der Waals surface area contributed by atoms with Gasteiger partial charge in [0, 0.05) is 19.6 Å². The number of ether oxygens (including phenoxy) is 1. The zero-order chi connectivity index (χ0) is 16.8. The van der Waals surface area contributed by atoms with Gasteiger partial charge in [-0.25, -0.2) is 0 Å². The van der Waals surface area contributed by atoms with Crippen molar-refractivity contribution in [3.63, 3.8) is 0 Å². The largest absolute Gasteiger partial charge is 0.371 e. The molecule has 1 fully saturated rings. The number of carbonyl (C=O) groups excluding carboxylic acids is 1. The highest BCUT2D eigenvalue weighted by molar-refractivity contribution is 6.42. The Hall–Kier alpha value is -0.810. The maximum absolute atomic E-state index is 12.2. The van der Waals surface area contributed by atoms with E-state index in [-0.39, 0.29) is 18.1 Å². The average molecular weight is 359 g/mol. The van der Waals surface area contributed by atoms with Gasteiger partial charge in [-0.2, -0.15) is 0 Å². The number of hydrogen-bond acceptors (Lipinski definition) is 3. The number of benzene rings is 1. The second-order valence-electron chi connectivity index (χ2n) is 5.85. The Labute approximate surface area is 148 Å². The van der Waals surface area contributed by atoms with E-state index in [4.69, 9.17) is 27.9 Å². The van der Waals surface area contributed by atoms with Crippen LogP contribution < -0.4 is 5.32 Å². The van der Waals surface area contributed by atoms with Gasteiger partial charge in [-0.3, -0.25) is 9.69 Å². The highest BCUT2D eigenvalue weighted by Crippen LogP contribution is 2.29. The van der Waals surface area contributed by atoms with Gasteiger partial charge in [-0.1, -0.05) is 42.6 Å². The highest BCUT2D eigenvalue weighted by Gasteiger charge is 2.28. The fourth-order valence-electron chi connectivity index (χ4n) is 2.64. The van der Waals surface area contributed by atoms with Crippen molar-refractivity contribution in [1.29, 1.82) is 0 Å². The van der Waals surface area contributed by atoms with Crippen molar-refractivity contribution in [3.05, 3.63) is 33.8 Å². The van der Waals surface area contributed by atoms with Gasteiger partial charge in [0.15, 0.2) is 0 Å². The molecular formula is C17H24Cl2N2O2. The molecule has 23 heavy (non-hydrogen) atoms. The SMILES string of the molecule is CCCCNC(=O)C(C)N1CCOC(c2ccc(Cl)c(Cl)c2)C1. The van der Waals surface area contributed by atoms with Crippen molar-refractivity contribution >= 4 is 29.1 Å². The van der Waals surface area contributed by atoms with E-state index in [1.165, 1.54) is 0 Å². The summed E-state index contributed by atoms with van der Waals surface area (Å²) in [6, 6.07) is 5.38. The second-order valence-corrected chi connectivity index (χ2v) is 6.66. The third-order valence-corrected chi connectivity index (χ3v) is 4.91. The first kappa shape index (κ1) is 18.5. The quantitative estimate of drug-likeness (QED) is 0.788. The minimum Gasteiger partial charge on any atom is -0.371 e.